The normalized spacial score (nSPS) is 16.6. The number of hydrogen-bond donors (Lipinski definition) is 3. The molecular formula is C14H22N2O2. The summed E-state index contributed by atoms with van der Waals surface area (Å²) < 4.78 is 5.91. The smallest absolute Gasteiger partial charge is 0.143 e. The Kier molecular flexibility index (Phi) is 4.09. The molecule has 0 unspecified atom stereocenters. The molecule has 0 spiro atoms. The van der Waals surface area contributed by atoms with Gasteiger partial charge in [0.15, 0.2) is 0 Å². The van der Waals surface area contributed by atoms with Gasteiger partial charge in [0.25, 0.3) is 0 Å². The van der Waals surface area contributed by atoms with E-state index in [4.69, 9.17) is 9.84 Å². The van der Waals surface area contributed by atoms with Crippen molar-refractivity contribution in [3.05, 3.63) is 23.8 Å². The maximum atomic E-state index is 8.68. The van der Waals surface area contributed by atoms with Crippen molar-refractivity contribution in [1.29, 1.82) is 0 Å². The number of hydrogen-bond acceptors (Lipinski definition) is 4. The van der Waals surface area contributed by atoms with Gasteiger partial charge in [0.1, 0.15) is 11.4 Å². The minimum atomic E-state index is -0.142. The molecule has 1 aliphatic heterocycles. The summed E-state index contributed by atoms with van der Waals surface area (Å²) >= 11 is 0. The fourth-order valence-corrected chi connectivity index (χ4v) is 2.04. The summed E-state index contributed by atoms with van der Waals surface area (Å²) in [5, 5.41) is 15.3. The zero-order valence-electron chi connectivity index (χ0n) is 11.1. The van der Waals surface area contributed by atoms with E-state index in [1.807, 2.05) is 6.07 Å². The lowest BCUT2D eigenvalue weighted by Crippen LogP contribution is -2.40. The topological polar surface area (TPSA) is 53.5 Å². The second kappa shape index (κ2) is 5.59. The third-order valence-electron chi connectivity index (χ3n) is 3.01. The number of aliphatic hydroxyl groups excluding tert-OH is 1. The molecule has 0 bridgehead atoms. The number of benzene rings is 1. The van der Waals surface area contributed by atoms with E-state index < -0.39 is 0 Å². The van der Waals surface area contributed by atoms with E-state index in [0.29, 0.717) is 6.54 Å². The number of rotatable bonds is 5. The third kappa shape index (κ3) is 3.37. The van der Waals surface area contributed by atoms with Crippen molar-refractivity contribution in [3.8, 4) is 5.75 Å². The van der Waals surface area contributed by atoms with Gasteiger partial charge in [0, 0.05) is 6.54 Å². The third-order valence-corrected chi connectivity index (χ3v) is 3.01. The fraction of sp³-hybridized carbons (Fsp3) is 0.571. The molecule has 0 fully saturated rings. The van der Waals surface area contributed by atoms with Crippen LogP contribution in [0.4, 0.5) is 5.69 Å². The van der Waals surface area contributed by atoms with Crippen molar-refractivity contribution >= 4 is 5.69 Å². The van der Waals surface area contributed by atoms with Crippen molar-refractivity contribution in [3.63, 3.8) is 0 Å². The van der Waals surface area contributed by atoms with Gasteiger partial charge in [-0.25, -0.2) is 0 Å². The van der Waals surface area contributed by atoms with Gasteiger partial charge < -0.3 is 20.5 Å². The molecule has 1 aliphatic rings. The summed E-state index contributed by atoms with van der Waals surface area (Å²) in [7, 11) is 0. The molecule has 4 heteroatoms. The van der Waals surface area contributed by atoms with Crippen LogP contribution in [0.2, 0.25) is 0 Å². The van der Waals surface area contributed by atoms with Gasteiger partial charge >= 0.3 is 0 Å². The van der Waals surface area contributed by atoms with Crippen LogP contribution >= 0.6 is 0 Å². The van der Waals surface area contributed by atoms with Gasteiger partial charge in [-0.05, 0) is 44.5 Å². The molecule has 2 rings (SSSR count). The number of aliphatic hydroxyl groups is 1. The van der Waals surface area contributed by atoms with Crippen LogP contribution in [0.25, 0.3) is 0 Å². The summed E-state index contributed by atoms with van der Waals surface area (Å²) in [6.07, 6.45) is 0.957. The van der Waals surface area contributed by atoms with E-state index in [9.17, 15) is 0 Å². The highest BCUT2D eigenvalue weighted by Gasteiger charge is 2.25. The summed E-state index contributed by atoms with van der Waals surface area (Å²) in [6.45, 7) is 6.71. The average Bonchev–Trinajstić information content (AvgIpc) is 2.34. The molecule has 3 N–H and O–H groups in total. The van der Waals surface area contributed by atoms with Crippen LogP contribution in [-0.4, -0.2) is 36.9 Å². The predicted molar refractivity (Wildman–Crippen MR) is 73.3 cm³/mol. The Morgan fingerprint density at radius 3 is 3.00 bits per heavy atom. The Morgan fingerprint density at radius 1 is 1.39 bits per heavy atom. The minimum absolute atomic E-state index is 0.142. The largest absolute Gasteiger partial charge is 0.484 e. The van der Waals surface area contributed by atoms with Gasteiger partial charge in [0.05, 0.1) is 18.8 Å². The van der Waals surface area contributed by atoms with Gasteiger partial charge in [-0.15, -0.1) is 0 Å². The number of ether oxygens (including phenoxy) is 1. The van der Waals surface area contributed by atoms with E-state index in [1.165, 1.54) is 5.56 Å². The molecule has 0 aliphatic carbocycles. The Labute approximate surface area is 108 Å². The zero-order chi connectivity index (χ0) is 13.0. The highest BCUT2D eigenvalue weighted by Crippen LogP contribution is 2.33. The molecule has 1 heterocycles. The van der Waals surface area contributed by atoms with Crippen molar-refractivity contribution < 1.29 is 9.84 Å². The molecule has 0 atom stereocenters. The van der Waals surface area contributed by atoms with Gasteiger partial charge in [-0.2, -0.15) is 0 Å². The maximum absolute atomic E-state index is 8.68. The quantitative estimate of drug-likeness (QED) is 0.691. The maximum Gasteiger partial charge on any atom is 0.143 e. The van der Waals surface area contributed by atoms with Gasteiger partial charge in [-0.1, -0.05) is 6.07 Å². The monoisotopic (exact) mass is 250 g/mol. The molecular weight excluding hydrogens is 228 g/mol. The highest BCUT2D eigenvalue weighted by molar-refractivity contribution is 5.60. The SMILES string of the molecule is CC1(C)CNc2cc(CCNCCO)ccc2O1. The van der Waals surface area contributed by atoms with Crippen LogP contribution < -0.4 is 15.4 Å². The Bertz CT molecular complexity index is 405. The lowest BCUT2D eigenvalue weighted by molar-refractivity contribution is 0.116. The van der Waals surface area contributed by atoms with E-state index in [2.05, 4.69) is 36.6 Å². The van der Waals surface area contributed by atoms with Crippen molar-refractivity contribution in [2.24, 2.45) is 0 Å². The first-order valence-corrected chi connectivity index (χ1v) is 6.48. The predicted octanol–water partition coefficient (Wildman–Crippen LogP) is 1.39. The second-order valence-electron chi connectivity index (χ2n) is 5.27. The second-order valence-corrected chi connectivity index (χ2v) is 5.27. The van der Waals surface area contributed by atoms with Crippen molar-refractivity contribution in [1.82, 2.24) is 5.32 Å². The molecule has 100 valence electrons. The first kappa shape index (κ1) is 13.2. The Balaban J connectivity index is 1.96. The minimum Gasteiger partial charge on any atom is -0.484 e. The fourth-order valence-electron chi connectivity index (χ4n) is 2.04. The van der Waals surface area contributed by atoms with Crippen LogP contribution in [-0.2, 0) is 6.42 Å². The summed E-state index contributed by atoms with van der Waals surface area (Å²) in [5.41, 5.74) is 2.21. The summed E-state index contributed by atoms with van der Waals surface area (Å²) in [5.74, 6) is 0.929. The molecule has 18 heavy (non-hydrogen) atoms. The lowest BCUT2D eigenvalue weighted by atomic mass is 10.1. The first-order chi connectivity index (χ1) is 8.61. The van der Waals surface area contributed by atoms with Crippen LogP contribution in [0.5, 0.6) is 5.75 Å². The first-order valence-electron chi connectivity index (χ1n) is 6.48. The molecule has 1 aromatic rings. The number of nitrogens with one attached hydrogen (secondary N) is 2. The lowest BCUT2D eigenvalue weighted by Gasteiger charge is -2.33. The number of fused-ring (bicyclic) bond motifs is 1. The van der Waals surface area contributed by atoms with Crippen molar-refractivity contribution in [2.75, 3.05) is 31.6 Å². The highest BCUT2D eigenvalue weighted by atomic mass is 16.5. The van der Waals surface area contributed by atoms with Crippen LogP contribution in [0.1, 0.15) is 19.4 Å². The van der Waals surface area contributed by atoms with Gasteiger partial charge in [0.2, 0.25) is 0 Å². The zero-order valence-corrected chi connectivity index (χ0v) is 11.1. The molecule has 0 saturated heterocycles. The standard InChI is InChI=1S/C14H22N2O2/c1-14(2)10-16-12-9-11(3-4-13(12)18-14)5-6-15-7-8-17/h3-4,9,15-17H,5-8,10H2,1-2H3. The van der Waals surface area contributed by atoms with Crippen LogP contribution in [0, 0.1) is 0 Å². The van der Waals surface area contributed by atoms with Crippen LogP contribution in [0.15, 0.2) is 18.2 Å². The van der Waals surface area contributed by atoms with E-state index in [-0.39, 0.29) is 12.2 Å². The molecule has 0 aromatic heterocycles. The number of anilines is 1. The molecule has 1 aromatic carbocycles. The summed E-state index contributed by atoms with van der Waals surface area (Å²) in [6, 6.07) is 6.28. The van der Waals surface area contributed by atoms with Crippen LogP contribution in [0.3, 0.4) is 0 Å². The Hall–Kier alpha value is -1.26. The molecule has 0 saturated carbocycles. The van der Waals surface area contributed by atoms with E-state index >= 15 is 0 Å². The molecule has 4 nitrogen and oxygen atoms in total. The average molecular weight is 250 g/mol. The molecule has 0 radical (unpaired) electrons. The Morgan fingerprint density at radius 2 is 2.22 bits per heavy atom. The van der Waals surface area contributed by atoms with E-state index in [0.717, 1.165) is 30.9 Å². The summed E-state index contributed by atoms with van der Waals surface area (Å²) in [4.78, 5) is 0. The van der Waals surface area contributed by atoms with E-state index in [1.54, 1.807) is 0 Å². The molecule has 0 amide bonds. The van der Waals surface area contributed by atoms with Gasteiger partial charge in [-0.3, -0.25) is 0 Å². The van der Waals surface area contributed by atoms with Crippen molar-refractivity contribution in [2.45, 2.75) is 25.9 Å².